The zero-order chi connectivity index (χ0) is 15.8. The standard InChI is InChI=1S/C15H24BFO4/c1-14(2)15(3,4)21-16(20-14)13(17)11-7-5-10(6-8-11)9-12(18)19/h10H,5-9H2,1-4H3,(H,18,19). The van der Waals surface area contributed by atoms with Gasteiger partial charge in [-0.15, -0.1) is 0 Å². The smallest absolute Gasteiger partial charge is 0.481 e. The Labute approximate surface area is 125 Å². The Morgan fingerprint density at radius 1 is 1.24 bits per heavy atom. The molecule has 0 amide bonds. The van der Waals surface area contributed by atoms with E-state index in [9.17, 15) is 9.18 Å². The molecule has 0 unspecified atom stereocenters. The van der Waals surface area contributed by atoms with Crippen molar-refractivity contribution in [1.82, 2.24) is 0 Å². The largest absolute Gasteiger partial charge is 0.525 e. The topological polar surface area (TPSA) is 55.8 Å². The van der Waals surface area contributed by atoms with Gasteiger partial charge in [0.1, 0.15) is 5.73 Å². The molecule has 0 bridgehead atoms. The summed E-state index contributed by atoms with van der Waals surface area (Å²) in [5.41, 5.74) is -0.691. The molecule has 2 rings (SSSR count). The van der Waals surface area contributed by atoms with Crippen LogP contribution in [0.5, 0.6) is 0 Å². The van der Waals surface area contributed by atoms with E-state index in [2.05, 4.69) is 0 Å². The van der Waals surface area contributed by atoms with Crippen molar-refractivity contribution in [3.05, 3.63) is 11.3 Å². The number of carboxylic acids is 1. The van der Waals surface area contributed by atoms with Crippen molar-refractivity contribution >= 4 is 13.1 Å². The number of carbonyl (C=O) groups is 1. The van der Waals surface area contributed by atoms with Crippen molar-refractivity contribution in [3.63, 3.8) is 0 Å². The van der Waals surface area contributed by atoms with Gasteiger partial charge in [-0.3, -0.25) is 4.79 Å². The van der Waals surface area contributed by atoms with Gasteiger partial charge in [-0.2, -0.15) is 0 Å². The zero-order valence-electron chi connectivity index (χ0n) is 13.2. The maximum Gasteiger partial charge on any atom is 0.525 e. The summed E-state index contributed by atoms with van der Waals surface area (Å²) in [6, 6.07) is 0. The molecule has 1 saturated carbocycles. The van der Waals surface area contributed by atoms with E-state index in [0.29, 0.717) is 25.7 Å². The van der Waals surface area contributed by atoms with Crippen LogP contribution in [0.1, 0.15) is 59.8 Å². The minimum Gasteiger partial charge on any atom is -0.481 e. The number of hydrogen-bond acceptors (Lipinski definition) is 3. The summed E-state index contributed by atoms with van der Waals surface area (Å²) in [4.78, 5) is 10.7. The summed E-state index contributed by atoms with van der Waals surface area (Å²) in [5.74, 6) is -0.629. The first kappa shape index (κ1) is 16.5. The van der Waals surface area contributed by atoms with E-state index < -0.39 is 24.3 Å². The SMILES string of the molecule is CC1(C)OB(C(F)=C2CCC(CC(=O)O)CC2)OC1(C)C. The number of aliphatic carboxylic acids is 1. The Hall–Kier alpha value is -0.875. The minimum absolute atomic E-state index is 0.150. The molecule has 0 radical (unpaired) electrons. The molecule has 1 aliphatic heterocycles. The van der Waals surface area contributed by atoms with Gasteiger partial charge < -0.3 is 14.4 Å². The van der Waals surface area contributed by atoms with Crippen molar-refractivity contribution in [2.24, 2.45) is 5.92 Å². The quantitative estimate of drug-likeness (QED) is 0.810. The Morgan fingerprint density at radius 2 is 1.71 bits per heavy atom. The molecular formula is C15H24BFO4. The summed E-state index contributed by atoms with van der Waals surface area (Å²) >= 11 is 0. The summed E-state index contributed by atoms with van der Waals surface area (Å²) in [6.07, 6.45) is 2.79. The lowest BCUT2D eigenvalue weighted by Gasteiger charge is -2.32. The highest BCUT2D eigenvalue weighted by Gasteiger charge is 2.53. The van der Waals surface area contributed by atoms with Crippen molar-refractivity contribution in [2.45, 2.75) is 71.0 Å². The number of rotatable bonds is 3. The van der Waals surface area contributed by atoms with Gasteiger partial charge in [0, 0.05) is 6.42 Å². The average Bonchev–Trinajstić information content (AvgIpc) is 2.58. The van der Waals surface area contributed by atoms with Crippen LogP contribution < -0.4 is 0 Å². The number of allylic oxidation sites excluding steroid dienone is 1. The first-order valence-corrected chi connectivity index (χ1v) is 7.57. The molecule has 1 saturated heterocycles. The highest BCUT2D eigenvalue weighted by molar-refractivity contribution is 6.53. The minimum atomic E-state index is -0.930. The molecule has 0 spiro atoms. The molecule has 1 aliphatic carbocycles. The van der Waals surface area contributed by atoms with Gasteiger partial charge in [0.2, 0.25) is 0 Å². The molecule has 2 aliphatic rings. The molecule has 1 heterocycles. The second-order valence-corrected chi connectivity index (χ2v) is 7.08. The molecular weight excluding hydrogens is 274 g/mol. The maximum absolute atomic E-state index is 14.6. The van der Waals surface area contributed by atoms with Crippen molar-refractivity contribution in [1.29, 1.82) is 0 Å². The fourth-order valence-electron chi connectivity index (χ4n) is 2.83. The van der Waals surface area contributed by atoms with Crippen LogP contribution >= 0.6 is 0 Å². The molecule has 1 N–H and O–H groups in total. The monoisotopic (exact) mass is 298 g/mol. The molecule has 21 heavy (non-hydrogen) atoms. The van der Waals surface area contributed by atoms with Gasteiger partial charge in [-0.25, -0.2) is 4.39 Å². The third-order valence-corrected chi connectivity index (χ3v) is 4.97. The maximum atomic E-state index is 14.6. The van der Waals surface area contributed by atoms with Gasteiger partial charge in [0.15, 0.2) is 0 Å². The lowest BCUT2D eigenvalue weighted by molar-refractivity contribution is -0.138. The van der Waals surface area contributed by atoms with Crippen molar-refractivity contribution in [3.8, 4) is 0 Å². The highest BCUT2D eigenvalue weighted by atomic mass is 19.1. The van der Waals surface area contributed by atoms with Crippen LogP contribution in [-0.2, 0) is 14.1 Å². The Morgan fingerprint density at radius 3 is 2.14 bits per heavy atom. The van der Waals surface area contributed by atoms with E-state index in [0.717, 1.165) is 5.57 Å². The van der Waals surface area contributed by atoms with Crippen LogP contribution in [0.4, 0.5) is 4.39 Å². The fourth-order valence-corrected chi connectivity index (χ4v) is 2.83. The molecule has 4 nitrogen and oxygen atoms in total. The van der Waals surface area contributed by atoms with Gasteiger partial charge in [0.25, 0.3) is 0 Å². The molecule has 6 heteroatoms. The third kappa shape index (κ3) is 3.48. The van der Waals surface area contributed by atoms with Crippen molar-refractivity contribution in [2.75, 3.05) is 0 Å². The van der Waals surface area contributed by atoms with Gasteiger partial charge >= 0.3 is 13.1 Å². The second kappa shape index (κ2) is 5.73. The number of carboxylic acid groups (broad SMARTS) is 1. The van der Waals surface area contributed by atoms with Crippen LogP contribution in [0.3, 0.4) is 0 Å². The lowest BCUT2D eigenvalue weighted by atomic mass is 9.77. The Balaban J connectivity index is 2.01. The molecule has 0 aromatic rings. The van der Waals surface area contributed by atoms with Crippen LogP contribution in [-0.4, -0.2) is 29.4 Å². The summed E-state index contributed by atoms with van der Waals surface area (Å²) in [5, 5.41) is 8.80. The first-order valence-electron chi connectivity index (χ1n) is 7.57. The second-order valence-electron chi connectivity index (χ2n) is 7.08. The van der Waals surface area contributed by atoms with E-state index in [1.165, 1.54) is 0 Å². The van der Waals surface area contributed by atoms with E-state index in [1.807, 2.05) is 27.7 Å². The van der Waals surface area contributed by atoms with Crippen molar-refractivity contribution < 1.29 is 23.6 Å². The van der Waals surface area contributed by atoms with Gasteiger partial charge in [-0.1, -0.05) is 0 Å². The van der Waals surface area contributed by atoms with E-state index in [1.54, 1.807) is 0 Å². The molecule has 0 aromatic carbocycles. The predicted octanol–water partition coefficient (Wildman–Crippen LogP) is 3.51. The molecule has 0 aromatic heterocycles. The average molecular weight is 298 g/mol. The van der Waals surface area contributed by atoms with E-state index in [-0.39, 0.29) is 18.1 Å². The summed E-state index contributed by atoms with van der Waals surface area (Å²) in [6.45, 7) is 7.59. The fraction of sp³-hybridized carbons (Fsp3) is 0.800. The Bertz CT molecular complexity index is 433. The van der Waals surface area contributed by atoms with Crippen LogP contribution in [0.15, 0.2) is 11.3 Å². The number of hydrogen-bond donors (Lipinski definition) is 1. The molecule has 2 fully saturated rings. The van der Waals surface area contributed by atoms with Crippen LogP contribution in [0, 0.1) is 5.92 Å². The number of halogens is 1. The Kier molecular flexibility index (Phi) is 4.50. The third-order valence-electron chi connectivity index (χ3n) is 4.97. The van der Waals surface area contributed by atoms with E-state index >= 15 is 0 Å². The zero-order valence-corrected chi connectivity index (χ0v) is 13.2. The van der Waals surface area contributed by atoms with Gasteiger partial charge in [0.05, 0.1) is 11.2 Å². The molecule has 0 atom stereocenters. The first-order chi connectivity index (χ1) is 9.62. The highest BCUT2D eigenvalue weighted by Crippen LogP contribution is 2.41. The summed E-state index contributed by atoms with van der Waals surface area (Å²) in [7, 11) is -0.930. The molecule has 118 valence electrons. The normalized spacial score (nSPS) is 27.8. The lowest BCUT2D eigenvalue weighted by Crippen LogP contribution is -2.41. The van der Waals surface area contributed by atoms with Crippen LogP contribution in [0.2, 0.25) is 0 Å². The van der Waals surface area contributed by atoms with Gasteiger partial charge in [-0.05, 0) is 64.9 Å². The predicted molar refractivity (Wildman–Crippen MR) is 78.4 cm³/mol. The summed E-state index contributed by atoms with van der Waals surface area (Å²) < 4.78 is 26.0. The van der Waals surface area contributed by atoms with E-state index in [4.69, 9.17) is 14.4 Å². The van der Waals surface area contributed by atoms with Crippen LogP contribution in [0.25, 0.3) is 0 Å².